The number of carboxylic acids is 1. The molecule has 0 aliphatic heterocycles. The fourth-order valence-corrected chi connectivity index (χ4v) is 1.09. The van der Waals surface area contributed by atoms with Crippen LogP contribution in [0, 0.1) is 0 Å². The average molecular weight is 210 g/mol. The van der Waals surface area contributed by atoms with E-state index in [1.807, 2.05) is 0 Å². The van der Waals surface area contributed by atoms with Crippen molar-refractivity contribution in [2.45, 2.75) is 0 Å². The number of phenolic OH excluding ortho intramolecular Hbond substituents is 2. The van der Waals surface area contributed by atoms with E-state index in [1.165, 1.54) is 12.2 Å². The molecule has 0 radical (unpaired) electrons. The monoisotopic (exact) mass is 210 g/mol. The van der Waals surface area contributed by atoms with Crippen molar-refractivity contribution in [1.29, 1.82) is 0 Å². The smallest absolute Gasteiger partial charge is 0.335 e. The van der Waals surface area contributed by atoms with E-state index in [9.17, 15) is 15.0 Å². The molecule has 0 atom stereocenters. The van der Waals surface area contributed by atoms with E-state index in [0.29, 0.717) is 0 Å². The molecule has 0 saturated heterocycles. The van der Waals surface area contributed by atoms with Crippen molar-refractivity contribution in [2.75, 3.05) is 6.61 Å². The molecule has 0 bridgehead atoms. The molecular formula is C10H10O5. The van der Waals surface area contributed by atoms with Crippen LogP contribution in [0.1, 0.15) is 15.9 Å². The Hall–Kier alpha value is -2.01. The van der Waals surface area contributed by atoms with Crippen molar-refractivity contribution < 1.29 is 25.2 Å². The summed E-state index contributed by atoms with van der Waals surface area (Å²) in [5, 5.41) is 35.9. The zero-order chi connectivity index (χ0) is 11.4. The third-order valence-corrected chi connectivity index (χ3v) is 1.77. The molecule has 0 heterocycles. The Kier molecular flexibility index (Phi) is 3.30. The minimum atomic E-state index is -1.24. The Morgan fingerprint density at radius 3 is 2.20 bits per heavy atom. The van der Waals surface area contributed by atoms with Gasteiger partial charge in [-0.2, -0.15) is 0 Å². The van der Waals surface area contributed by atoms with Gasteiger partial charge in [-0.05, 0) is 18.2 Å². The molecule has 0 saturated carbocycles. The maximum absolute atomic E-state index is 10.6. The predicted molar refractivity (Wildman–Crippen MR) is 52.9 cm³/mol. The Morgan fingerprint density at radius 1 is 1.27 bits per heavy atom. The standard InChI is InChI=1S/C10H10O5/c11-3-1-2-7-8(12)4-6(10(14)15)5-9(7)13/h1-2,4-5,11-13H,3H2,(H,14,15). The second kappa shape index (κ2) is 4.47. The zero-order valence-electron chi connectivity index (χ0n) is 7.71. The number of rotatable bonds is 3. The van der Waals surface area contributed by atoms with E-state index in [0.717, 1.165) is 12.1 Å². The quantitative estimate of drug-likeness (QED) is 0.591. The SMILES string of the molecule is O=C(O)c1cc(O)c(C=CCO)c(O)c1. The Balaban J connectivity index is 3.21. The summed E-state index contributed by atoms with van der Waals surface area (Å²) < 4.78 is 0. The van der Waals surface area contributed by atoms with E-state index >= 15 is 0 Å². The molecule has 0 fully saturated rings. The minimum absolute atomic E-state index is 0.0778. The fourth-order valence-electron chi connectivity index (χ4n) is 1.09. The Morgan fingerprint density at radius 2 is 1.80 bits per heavy atom. The van der Waals surface area contributed by atoms with Crippen molar-refractivity contribution in [1.82, 2.24) is 0 Å². The first-order valence-electron chi connectivity index (χ1n) is 4.13. The molecule has 1 aromatic rings. The molecular weight excluding hydrogens is 200 g/mol. The highest BCUT2D eigenvalue weighted by molar-refractivity contribution is 5.89. The molecule has 15 heavy (non-hydrogen) atoms. The topological polar surface area (TPSA) is 98.0 Å². The summed E-state index contributed by atoms with van der Waals surface area (Å²) in [5.74, 6) is -1.94. The van der Waals surface area contributed by atoms with Crippen LogP contribution < -0.4 is 0 Å². The normalized spacial score (nSPS) is 10.7. The van der Waals surface area contributed by atoms with Gasteiger partial charge in [-0.1, -0.05) is 6.08 Å². The van der Waals surface area contributed by atoms with E-state index in [4.69, 9.17) is 10.2 Å². The van der Waals surface area contributed by atoms with Crippen LogP contribution in [-0.2, 0) is 0 Å². The van der Waals surface area contributed by atoms with Gasteiger partial charge in [-0.3, -0.25) is 0 Å². The molecule has 80 valence electrons. The van der Waals surface area contributed by atoms with E-state index in [1.54, 1.807) is 0 Å². The van der Waals surface area contributed by atoms with Crippen LogP contribution in [0.15, 0.2) is 18.2 Å². The lowest BCUT2D eigenvalue weighted by Gasteiger charge is -2.04. The molecule has 5 heteroatoms. The number of benzene rings is 1. The van der Waals surface area contributed by atoms with Gasteiger partial charge in [0.1, 0.15) is 11.5 Å². The number of hydrogen-bond donors (Lipinski definition) is 4. The number of phenols is 2. The highest BCUT2D eigenvalue weighted by atomic mass is 16.4. The highest BCUT2D eigenvalue weighted by Gasteiger charge is 2.11. The lowest BCUT2D eigenvalue weighted by molar-refractivity contribution is 0.0696. The summed E-state index contributed by atoms with van der Waals surface area (Å²) in [6.07, 6.45) is 2.62. The molecule has 0 aliphatic carbocycles. The van der Waals surface area contributed by atoms with Crippen LogP contribution in [0.2, 0.25) is 0 Å². The number of hydrogen-bond acceptors (Lipinski definition) is 4. The van der Waals surface area contributed by atoms with Gasteiger partial charge in [0, 0.05) is 0 Å². The number of carboxylic acid groups (broad SMARTS) is 1. The number of carbonyl (C=O) groups is 1. The summed E-state index contributed by atoms with van der Waals surface area (Å²) in [7, 11) is 0. The predicted octanol–water partition coefficient (Wildman–Crippen LogP) is 0.801. The molecule has 0 aromatic heterocycles. The third kappa shape index (κ3) is 2.47. The van der Waals surface area contributed by atoms with Crippen LogP contribution in [0.25, 0.3) is 6.08 Å². The largest absolute Gasteiger partial charge is 0.507 e. The van der Waals surface area contributed by atoms with Gasteiger partial charge < -0.3 is 20.4 Å². The maximum Gasteiger partial charge on any atom is 0.335 e. The Bertz CT molecular complexity index is 385. The van der Waals surface area contributed by atoms with Gasteiger partial charge in [0.25, 0.3) is 0 Å². The average Bonchev–Trinajstić information content (AvgIpc) is 2.16. The van der Waals surface area contributed by atoms with Crippen LogP contribution in [0.4, 0.5) is 0 Å². The number of aromatic carboxylic acids is 1. The maximum atomic E-state index is 10.6. The van der Waals surface area contributed by atoms with Crippen LogP contribution in [-0.4, -0.2) is 33.0 Å². The van der Waals surface area contributed by atoms with Gasteiger partial charge >= 0.3 is 5.97 Å². The number of aliphatic hydroxyl groups is 1. The molecule has 4 N–H and O–H groups in total. The number of aromatic hydroxyl groups is 2. The molecule has 0 spiro atoms. The summed E-state index contributed by atoms with van der Waals surface area (Å²) >= 11 is 0. The fraction of sp³-hybridized carbons (Fsp3) is 0.100. The summed E-state index contributed by atoms with van der Waals surface area (Å²) in [6.45, 7) is -0.237. The first-order chi connectivity index (χ1) is 7.06. The molecule has 5 nitrogen and oxygen atoms in total. The summed E-state index contributed by atoms with van der Waals surface area (Å²) in [4.78, 5) is 10.6. The van der Waals surface area contributed by atoms with Crippen LogP contribution >= 0.6 is 0 Å². The second-order valence-corrected chi connectivity index (χ2v) is 2.82. The van der Waals surface area contributed by atoms with Crippen molar-refractivity contribution in [2.24, 2.45) is 0 Å². The van der Waals surface area contributed by atoms with E-state index in [2.05, 4.69) is 0 Å². The Labute approximate surface area is 85.5 Å². The lowest BCUT2D eigenvalue weighted by Crippen LogP contribution is -1.96. The minimum Gasteiger partial charge on any atom is -0.507 e. The lowest BCUT2D eigenvalue weighted by atomic mass is 10.1. The zero-order valence-corrected chi connectivity index (χ0v) is 7.71. The summed E-state index contributed by atoms with van der Waals surface area (Å²) in [6, 6.07) is 2.05. The van der Waals surface area contributed by atoms with Crippen LogP contribution in [0.5, 0.6) is 11.5 Å². The van der Waals surface area contributed by atoms with Crippen molar-refractivity contribution in [3.8, 4) is 11.5 Å². The number of aliphatic hydroxyl groups excluding tert-OH is 1. The summed E-state index contributed by atoms with van der Waals surface area (Å²) in [5.41, 5.74) is -0.125. The van der Waals surface area contributed by atoms with Gasteiger partial charge in [0.05, 0.1) is 17.7 Å². The molecule has 0 amide bonds. The molecule has 0 aliphatic rings. The van der Waals surface area contributed by atoms with Gasteiger partial charge in [-0.25, -0.2) is 4.79 Å². The first-order valence-corrected chi connectivity index (χ1v) is 4.13. The van der Waals surface area contributed by atoms with Gasteiger partial charge in [-0.15, -0.1) is 0 Å². The van der Waals surface area contributed by atoms with E-state index < -0.39 is 5.97 Å². The van der Waals surface area contributed by atoms with Crippen molar-refractivity contribution in [3.05, 3.63) is 29.3 Å². The second-order valence-electron chi connectivity index (χ2n) is 2.82. The highest BCUT2D eigenvalue weighted by Crippen LogP contribution is 2.29. The molecule has 1 aromatic carbocycles. The van der Waals surface area contributed by atoms with E-state index in [-0.39, 0.29) is 29.2 Å². The van der Waals surface area contributed by atoms with Gasteiger partial charge in [0.15, 0.2) is 0 Å². The molecule has 0 unspecified atom stereocenters. The van der Waals surface area contributed by atoms with Gasteiger partial charge in [0.2, 0.25) is 0 Å². The van der Waals surface area contributed by atoms with Crippen molar-refractivity contribution in [3.63, 3.8) is 0 Å². The molecule has 1 rings (SSSR count). The van der Waals surface area contributed by atoms with Crippen molar-refractivity contribution >= 4 is 12.0 Å². The first kappa shape index (κ1) is 11.1. The third-order valence-electron chi connectivity index (χ3n) is 1.77. The van der Waals surface area contributed by atoms with Crippen LogP contribution in [0.3, 0.4) is 0 Å².